The molecule has 1 aromatic heterocycles. The Labute approximate surface area is 101 Å². The number of oxazole rings is 1. The first-order valence-corrected chi connectivity index (χ1v) is 5.93. The molecule has 2 rings (SSSR count). The van der Waals surface area contributed by atoms with Gasteiger partial charge in [0, 0.05) is 6.54 Å². The molecule has 1 atom stereocenters. The van der Waals surface area contributed by atoms with Gasteiger partial charge in [0.1, 0.15) is 11.8 Å². The molecule has 0 unspecified atom stereocenters. The van der Waals surface area contributed by atoms with E-state index in [9.17, 15) is 4.79 Å². The van der Waals surface area contributed by atoms with E-state index in [0.29, 0.717) is 6.54 Å². The number of likely N-dealkylation sites (tertiary alicyclic amines) is 1. The van der Waals surface area contributed by atoms with Crippen LogP contribution in [0.15, 0.2) is 10.8 Å². The average Bonchev–Trinajstić information content (AvgIpc) is 2.75. The number of aromatic nitrogens is 1. The largest absolute Gasteiger partial charge is 0.468 e. The van der Waals surface area contributed by atoms with Gasteiger partial charge in [0.25, 0.3) is 0 Å². The highest BCUT2D eigenvalue weighted by Crippen LogP contribution is 2.21. The molecule has 1 saturated heterocycles. The highest BCUT2D eigenvalue weighted by atomic mass is 16.5. The van der Waals surface area contributed by atoms with Crippen molar-refractivity contribution >= 4 is 5.97 Å². The summed E-state index contributed by atoms with van der Waals surface area (Å²) in [7, 11) is 1.44. The molecule has 1 aliphatic rings. The van der Waals surface area contributed by atoms with Crippen LogP contribution in [0.4, 0.5) is 0 Å². The van der Waals surface area contributed by atoms with Crippen LogP contribution >= 0.6 is 0 Å². The molecule has 2 heterocycles. The maximum atomic E-state index is 11.7. The van der Waals surface area contributed by atoms with Crippen molar-refractivity contribution in [1.29, 1.82) is 0 Å². The van der Waals surface area contributed by atoms with Crippen molar-refractivity contribution in [2.24, 2.45) is 0 Å². The van der Waals surface area contributed by atoms with E-state index >= 15 is 0 Å². The molecular formula is C12H18N2O3. The second-order valence-electron chi connectivity index (χ2n) is 4.36. The van der Waals surface area contributed by atoms with Crippen molar-refractivity contribution in [2.45, 2.75) is 38.8 Å². The predicted molar refractivity (Wildman–Crippen MR) is 61.3 cm³/mol. The van der Waals surface area contributed by atoms with Crippen LogP contribution in [-0.2, 0) is 16.1 Å². The summed E-state index contributed by atoms with van der Waals surface area (Å²) >= 11 is 0. The van der Waals surface area contributed by atoms with Crippen LogP contribution in [0.3, 0.4) is 0 Å². The number of hydrogen-bond donors (Lipinski definition) is 0. The second kappa shape index (κ2) is 5.31. The van der Waals surface area contributed by atoms with Gasteiger partial charge < -0.3 is 9.15 Å². The molecule has 0 N–H and O–H groups in total. The fourth-order valence-electron chi connectivity index (χ4n) is 2.26. The molecule has 1 aliphatic heterocycles. The lowest BCUT2D eigenvalue weighted by Gasteiger charge is -2.33. The monoisotopic (exact) mass is 238 g/mol. The highest BCUT2D eigenvalue weighted by molar-refractivity contribution is 5.75. The minimum atomic E-state index is -0.147. The molecule has 0 radical (unpaired) electrons. The Morgan fingerprint density at radius 1 is 1.65 bits per heavy atom. The first-order valence-electron chi connectivity index (χ1n) is 5.93. The van der Waals surface area contributed by atoms with Crippen molar-refractivity contribution in [3.8, 4) is 0 Å². The highest BCUT2D eigenvalue weighted by Gasteiger charge is 2.30. The molecule has 0 saturated carbocycles. The third-order valence-corrected chi connectivity index (χ3v) is 3.28. The zero-order valence-electron chi connectivity index (χ0n) is 10.3. The Morgan fingerprint density at radius 3 is 3.12 bits per heavy atom. The summed E-state index contributed by atoms with van der Waals surface area (Å²) in [6, 6.07) is -0.134. The number of methoxy groups -OCH3 is 1. The third-order valence-electron chi connectivity index (χ3n) is 3.28. The van der Waals surface area contributed by atoms with Crippen molar-refractivity contribution in [3.05, 3.63) is 17.8 Å². The predicted octanol–water partition coefficient (Wildman–Crippen LogP) is 1.51. The van der Waals surface area contributed by atoms with Crippen LogP contribution in [0.25, 0.3) is 0 Å². The fourth-order valence-corrected chi connectivity index (χ4v) is 2.26. The van der Waals surface area contributed by atoms with Crippen LogP contribution in [-0.4, -0.2) is 35.5 Å². The third kappa shape index (κ3) is 2.66. The molecule has 0 aromatic carbocycles. The van der Waals surface area contributed by atoms with Gasteiger partial charge in [0.15, 0.2) is 6.39 Å². The van der Waals surface area contributed by atoms with Gasteiger partial charge in [0.05, 0.1) is 12.8 Å². The zero-order chi connectivity index (χ0) is 12.3. The standard InChI is InChI=1S/C12H18N2O3/c1-9-10(13-8-17-9)7-14-6-4-3-5-11(14)12(15)16-2/h8,11H,3-7H2,1-2H3/t11-/m1/s1. The van der Waals surface area contributed by atoms with Gasteiger partial charge in [0.2, 0.25) is 0 Å². The molecular weight excluding hydrogens is 220 g/mol. The number of ether oxygens (including phenoxy) is 1. The minimum absolute atomic E-state index is 0.134. The minimum Gasteiger partial charge on any atom is -0.468 e. The van der Waals surface area contributed by atoms with Gasteiger partial charge >= 0.3 is 5.97 Å². The Kier molecular flexibility index (Phi) is 3.78. The summed E-state index contributed by atoms with van der Waals surface area (Å²) in [5.74, 6) is 0.671. The van der Waals surface area contributed by atoms with E-state index in [1.54, 1.807) is 0 Å². The quantitative estimate of drug-likeness (QED) is 0.747. The number of nitrogens with zero attached hydrogens (tertiary/aromatic N) is 2. The molecule has 94 valence electrons. The molecule has 1 fully saturated rings. The summed E-state index contributed by atoms with van der Waals surface area (Å²) in [6.45, 7) is 3.45. The van der Waals surface area contributed by atoms with Crippen molar-refractivity contribution in [2.75, 3.05) is 13.7 Å². The Morgan fingerprint density at radius 2 is 2.47 bits per heavy atom. The zero-order valence-corrected chi connectivity index (χ0v) is 10.3. The van der Waals surface area contributed by atoms with Crippen LogP contribution in [0.2, 0.25) is 0 Å². The van der Waals surface area contributed by atoms with Gasteiger partial charge in [-0.05, 0) is 26.3 Å². The Hall–Kier alpha value is -1.36. The van der Waals surface area contributed by atoms with E-state index in [-0.39, 0.29) is 12.0 Å². The summed E-state index contributed by atoms with van der Waals surface area (Å²) in [5.41, 5.74) is 0.904. The maximum Gasteiger partial charge on any atom is 0.323 e. The number of carbonyl (C=O) groups excluding carboxylic acids is 1. The van der Waals surface area contributed by atoms with E-state index in [2.05, 4.69) is 9.88 Å². The Bertz CT molecular complexity index is 389. The van der Waals surface area contributed by atoms with Crippen LogP contribution in [0.1, 0.15) is 30.7 Å². The lowest BCUT2D eigenvalue weighted by molar-refractivity contribution is -0.148. The van der Waals surface area contributed by atoms with Gasteiger partial charge in [-0.1, -0.05) is 6.42 Å². The van der Waals surface area contributed by atoms with Gasteiger partial charge in [-0.25, -0.2) is 4.98 Å². The summed E-state index contributed by atoms with van der Waals surface area (Å²) in [4.78, 5) is 18.0. The molecule has 0 bridgehead atoms. The van der Waals surface area contributed by atoms with Gasteiger partial charge in [-0.3, -0.25) is 9.69 Å². The second-order valence-corrected chi connectivity index (χ2v) is 4.36. The summed E-state index contributed by atoms with van der Waals surface area (Å²) in [5, 5.41) is 0. The molecule has 0 amide bonds. The van der Waals surface area contributed by atoms with Gasteiger partial charge in [-0.2, -0.15) is 0 Å². The van der Waals surface area contributed by atoms with Crippen molar-refractivity contribution < 1.29 is 13.9 Å². The molecule has 17 heavy (non-hydrogen) atoms. The van der Waals surface area contributed by atoms with E-state index in [1.165, 1.54) is 13.5 Å². The SMILES string of the molecule is COC(=O)[C@H]1CCCCN1Cc1ncoc1C. The lowest BCUT2D eigenvalue weighted by Crippen LogP contribution is -2.44. The van der Waals surface area contributed by atoms with Gasteiger partial charge in [-0.15, -0.1) is 0 Å². The fraction of sp³-hybridized carbons (Fsp3) is 0.667. The number of piperidine rings is 1. The van der Waals surface area contributed by atoms with Crippen LogP contribution < -0.4 is 0 Å². The number of carbonyl (C=O) groups is 1. The average molecular weight is 238 g/mol. The molecule has 5 nitrogen and oxygen atoms in total. The first kappa shape index (κ1) is 12.1. The first-order chi connectivity index (χ1) is 8.22. The number of hydrogen-bond acceptors (Lipinski definition) is 5. The van der Waals surface area contributed by atoms with E-state index in [4.69, 9.17) is 9.15 Å². The molecule has 1 aromatic rings. The number of esters is 1. The van der Waals surface area contributed by atoms with E-state index in [1.807, 2.05) is 6.92 Å². The molecule has 5 heteroatoms. The number of aryl methyl sites for hydroxylation is 1. The van der Waals surface area contributed by atoms with E-state index in [0.717, 1.165) is 37.3 Å². The topological polar surface area (TPSA) is 55.6 Å². The normalized spacial score (nSPS) is 21.4. The maximum absolute atomic E-state index is 11.7. The summed E-state index contributed by atoms with van der Waals surface area (Å²) < 4.78 is 10.0. The molecule has 0 aliphatic carbocycles. The van der Waals surface area contributed by atoms with Crippen molar-refractivity contribution in [3.63, 3.8) is 0 Å². The smallest absolute Gasteiger partial charge is 0.323 e. The number of rotatable bonds is 3. The lowest BCUT2D eigenvalue weighted by atomic mass is 10.0. The van der Waals surface area contributed by atoms with E-state index < -0.39 is 0 Å². The van der Waals surface area contributed by atoms with Crippen molar-refractivity contribution in [1.82, 2.24) is 9.88 Å². The van der Waals surface area contributed by atoms with Crippen LogP contribution in [0.5, 0.6) is 0 Å². The Balaban J connectivity index is 2.06. The summed E-state index contributed by atoms with van der Waals surface area (Å²) in [6.07, 6.45) is 4.50. The van der Waals surface area contributed by atoms with Crippen LogP contribution in [0, 0.1) is 6.92 Å². The molecule has 0 spiro atoms.